The summed E-state index contributed by atoms with van der Waals surface area (Å²) in [6, 6.07) is 6.94. The molecule has 0 bridgehead atoms. The van der Waals surface area contributed by atoms with Crippen LogP contribution < -0.4 is 16.4 Å². The lowest BCUT2D eigenvalue weighted by atomic mass is 10.1. The van der Waals surface area contributed by atoms with E-state index in [1.54, 1.807) is 18.2 Å². The number of hydrogen-bond donors (Lipinski definition) is 4. The maximum Gasteiger partial charge on any atom is 0.253 e. The van der Waals surface area contributed by atoms with Gasteiger partial charge in [-0.15, -0.1) is 0 Å². The third-order valence-electron chi connectivity index (χ3n) is 3.04. The summed E-state index contributed by atoms with van der Waals surface area (Å²) >= 11 is 1.53. The maximum absolute atomic E-state index is 12.0. The molecule has 6 heteroatoms. The third-order valence-corrected chi connectivity index (χ3v) is 3.74. The van der Waals surface area contributed by atoms with Crippen LogP contribution in [0.25, 0.3) is 0 Å². The molecule has 0 aliphatic heterocycles. The van der Waals surface area contributed by atoms with Crippen molar-refractivity contribution in [2.24, 2.45) is 0 Å². The van der Waals surface area contributed by atoms with Gasteiger partial charge in [0.05, 0.1) is 11.7 Å². The van der Waals surface area contributed by atoms with Crippen molar-refractivity contribution in [2.45, 2.75) is 13.0 Å². The number of hydrogen-bond acceptors (Lipinski definition) is 5. The number of nitrogen functional groups attached to an aromatic ring is 1. The molecule has 0 fully saturated rings. The van der Waals surface area contributed by atoms with Crippen LogP contribution in [0.1, 0.15) is 28.9 Å². The normalized spacial score (nSPS) is 11.9. The number of thiophene rings is 1. The van der Waals surface area contributed by atoms with Crippen molar-refractivity contribution >= 4 is 28.6 Å². The summed E-state index contributed by atoms with van der Waals surface area (Å²) < 4.78 is 0. The molecule has 5 N–H and O–H groups in total. The van der Waals surface area contributed by atoms with Crippen molar-refractivity contribution in [1.82, 2.24) is 5.32 Å². The van der Waals surface area contributed by atoms with Crippen LogP contribution in [0, 0.1) is 0 Å². The molecule has 1 amide bonds. The highest BCUT2D eigenvalue weighted by atomic mass is 32.1. The van der Waals surface area contributed by atoms with Crippen molar-refractivity contribution < 1.29 is 9.90 Å². The predicted molar refractivity (Wildman–Crippen MR) is 86.6 cm³/mol. The number of aliphatic hydroxyl groups excluding tert-OH is 1. The summed E-state index contributed by atoms with van der Waals surface area (Å²) in [5.41, 5.74) is 8.33. The van der Waals surface area contributed by atoms with Crippen LogP contribution in [0.2, 0.25) is 0 Å². The van der Waals surface area contributed by atoms with Gasteiger partial charge < -0.3 is 21.5 Å². The first-order chi connectivity index (χ1) is 10.1. The first-order valence-electron chi connectivity index (χ1n) is 6.73. The molecule has 0 aliphatic rings. The largest absolute Gasteiger partial charge is 0.399 e. The molecule has 2 rings (SSSR count). The highest BCUT2D eigenvalue weighted by Gasteiger charge is 2.13. The van der Waals surface area contributed by atoms with Gasteiger partial charge in [-0.05, 0) is 47.5 Å². The van der Waals surface area contributed by atoms with Gasteiger partial charge in [0.25, 0.3) is 5.91 Å². The minimum Gasteiger partial charge on any atom is -0.399 e. The van der Waals surface area contributed by atoms with E-state index in [1.165, 1.54) is 11.3 Å². The van der Waals surface area contributed by atoms with Gasteiger partial charge in [0, 0.05) is 24.5 Å². The monoisotopic (exact) mass is 305 g/mol. The average molecular weight is 305 g/mol. The molecule has 21 heavy (non-hydrogen) atoms. The summed E-state index contributed by atoms with van der Waals surface area (Å²) in [7, 11) is 0. The van der Waals surface area contributed by atoms with E-state index < -0.39 is 6.10 Å². The molecule has 0 saturated heterocycles. The van der Waals surface area contributed by atoms with Crippen LogP contribution in [0.3, 0.4) is 0 Å². The first kappa shape index (κ1) is 15.3. The predicted octanol–water partition coefficient (Wildman–Crippen LogP) is 2.23. The number of anilines is 2. The number of amides is 1. The second-order valence-corrected chi connectivity index (χ2v) is 5.40. The average Bonchev–Trinajstić information content (AvgIpc) is 2.99. The van der Waals surface area contributed by atoms with Crippen LogP contribution in [-0.4, -0.2) is 24.1 Å². The summed E-state index contributed by atoms with van der Waals surface area (Å²) in [6.07, 6.45) is -0.625. The summed E-state index contributed by atoms with van der Waals surface area (Å²) in [5, 5.41) is 19.8. The third kappa shape index (κ3) is 3.96. The number of nitrogens with one attached hydrogen (secondary N) is 2. The van der Waals surface area contributed by atoms with Crippen LogP contribution in [0.4, 0.5) is 11.4 Å². The first-order valence-corrected chi connectivity index (χ1v) is 7.68. The Bertz CT molecular complexity index is 599. The lowest BCUT2D eigenvalue weighted by Gasteiger charge is -2.15. The molecule has 2 aromatic rings. The smallest absolute Gasteiger partial charge is 0.253 e. The maximum atomic E-state index is 12.0. The zero-order chi connectivity index (χ0) is 15.2. The van der Waals surface area contributed by atoms with Gasteiger partial charge in [0.1, 0.15) is 0 Å². The van der Waals surface area contributed by atoms with Crippen LogP contribution >= 0.6 is 11.3 Å². The second kappa shape index (κ2) is 7.10. The lowest BCUT2D eigenvalue weighted by molar-refractivity contribution is 0.0956. The van der Waals surface area contributed by atoms with E-state index in [9.17, 15) is 9.90 Å². The molecule has 1 aromatic heterocycles. The molecular weight excluding hydrogens is 286 g/mol. The molecule has 1 unspecified atom stereocenters. The number of rotatable bonds is 6. The van der Waals surface area contributed by atoms with Gasteiger partial charge >= 0.3 is 0 Å². The molecule has 1 atom stereocenters. The fourth-order valence-corrected chi connectivity index (χ4v) is 2.66. The van der Waals surface area contributed by atoms with E-state index in [2.05, 4.69) is 10.6 Å². The Balaban J connectivity index is 2.11. The fraction of sp³-hybridized carbons (Fsp3) is 0.267. The molecule has 0 spiro atoms. The van der Waals surface area contributed by atoms with Crippen LogP contribution in [-0.2, 0) is 0 Å². The Morgan fingerprint density at radius 3 is 2.90 bits per heavy atom. The summed E-state index contributed by atoms with van der Waals surface area (Å²) in [6.45, 7) is 2.73. The van der Waals surface area contributed by atoms with Gasteiger partial charge in [0.15, 0.2) is 0 Å². The zero-order valence-corrected chi connectivity index (χ0v) is 12.6. The molecule has 0 aliphatic carbocycles. The number of carbonyl (C=O) groups is 1. The van der Waals surface area contributed by atoms with Crippen molar-refractivity contribution in [1.29, 1.82) is 0 Å². The van der Waals surface area contributed by atoms with Gasteiger partial charge in [-0.3, -0.25) is 4.79 Å². The Morgan fingerprint density at radius 2 is 2.24 bits per heavy atom. The van der Waals surface area contributed by atoms with Crippen LogP contribution in [0.15, 0.2) is 35.0 Å². The summed E-state index contributed by atoms with van der Waals surface area (Å²) in [5.74, 6) is -0.162. The Kier molecular flexibility index (Phi) is 5.19. The van der Waals surface area contributed by atoms with E-state index in [1.807, 2.05) is 23.8 Å². The van der Waals surface area contributed by atoms with Gasteiger partial charge in [-0.1, -0.05) is 0 Å². The molecule has 0 saturated carbocycles. The molecule has 5 nitrogen and oxygen atoms in total. The van der Waals surface area contributed by atoms with E-state index in [0.717, 1.165) is 5.56 Å². The molecule has 0 radical (unpaired) electrons. The minimum absolute atomic E-state index is 0.162. The quantitative estimate of drug-likeness (QED) is 0.616. The molecule has 112 valence electrons. The zero-order valence-electron chi connectivity index (χ0n) is 11.8. The lowest BCUT2D eigenvalue weighted by Crippen LogP contribution is -2.24. The second-order valence-electron chi connectivity index (χ2n) is 4.62. The minimum atomic E-state index is -0.625. The van der Waals surface area contributed by atoms with Gasteiger partial charge in [0.2, 0.25) is 0 Å². The Morgan fingerprint density at radius 1 is 1.43 bits per heavy atom. The number of carbonyl (C=O) groups excluding carboxylic acids is 1. The van der Waals surface area contributed by atoms with Crippen molar-refractivity contribution in [3.05, 3.63) is 46.2 Å². The van der Waals surface area contributed by atoms with Gasteiger partial charge in [-0.2, -0.15) is 11.3 Å². The van der Waals surface area contributed by atoms with Crippen molar-refractivity contribution in [2.75, 3.05) is 24.1 Å². The molecular formula is C15H19N3O2S. The Labute approximate surface area is 127 Å². The SMILES string of the molecule is CCNC(=O)c1ccc(N)cc1NCC(O)c1ccsc1. The highest BCUT2D eigenvalue weighted by molar-refractivity contribution is 7.07. The van der Waals surface area contributed by atoms with Crippen LogP contribution in [0.5, 0.6) is 0 Å². The number of nitrogens with two attached hydrogens (primary N) is 1. The Hall–Kier alpha value is -2.05. The number of aliphatic hydroxyl groups is 1. The molecule has 1 aromatic carbocycles. The van der Waals surface area contributed by atoms with Gasteiger partial charge in [-0.25, -0.2) is 0 Å². The van der Waals surface area contributed by atoms with E-state index in [0.29, 0.717) is 30.0 Å². The fourth-order valence-electron chi connectivity index (χ4n) is 1.95. The highest BCUT2D eigenvalue weighted by Crippen LogP contribution is 2.22. The number of benzene rings is 1. The van der Waals surface area contributed by atoms with E-state index >= 15 is 0 Å². The van der Waals surface area contributed by atoms with Crippen molar-refractivity contribution in [3.63, 3.8) is 0 Å². The summed E-state index contributed by atoms with van der Waals surface area (Å²) in [4.78, 5) is 12.0. The standard InChI is InChI=1S/C15H19N3O2S/c1-2-17-15(20)12-4-3-11(16)7-13(12)18-8-14(19)10-5-6-21-9-10/h3-7,9,14,18-19H,2,8,16H2,1H3,(H,17,20). The van der Waals surface area contributed by atoms with E-state index in [4.69, 9.17) is 5.73 Å². The van der Waals surface area contributed by atoms with E-state index in [-0.39, 0.29) is 5.91 Å². The molecule has 1 heterocycles. The van der Waals surface area contributed by atoms with Crippen molar-refractivity contribution in [3.8, 4) is 0 Å². The topological polar surface area (TPSA) is 87.4 Å².